The zero-order chi connectivity index (χ0) is 21.2. The number of nitro benzene ring substituents is 1. The Labute approximate surface area is 171 Å². The molecule has 0 aliphatic rings. The molecule has 29 heavy (non-hydrogen) atoms. The zero-order valence-electron chi connectivity index (χ0n) is 14.2. The van der Waals surface area contributed by atoms with Crippen LogP contribution in [0.15, 0.2) is 58.0 Å². The normalized spacial score (nSPS) is 11.8. The van der Waals surface area contributed by atoms with E-state index in [1.165, 1.54) is 6.21 Å². The zero-order valence-corrected chi connectivity index (χ0v) is 15.7. The summed E-state index contributed by atoms with van der Waals surface area (Å²) in [4.78, 5) is 10.1. The highest BCUT2D eigenvalue weighted by atomic mass is 35.5. The molecular formula is C18H10Cl2F3N3O3. The number of benzene rings is 2. The molecule has 0 fully saturated rings. The van der Waals surface area contributed by atoms with Gasteiger partial charge in [0.25, 0.3) is 5.69 Å². The van der Waals surface area contributed by atoms with E-state index in [1.807, 2.05) is 0 Å². The molecule has 6 nitrogen and oxygen atoms in total. The third kappa shape index (κ3) is 4.87. The minimum atomic E-state index is -4.69. The highest BCUT2D eigenvalue weighted by molar-refractivity contribution is 6.36. The molecule has 0 aliphatic heterocycles. The van der Waals surface area contributed by atoms with Crippen molar-refractivity contribution in [2.75, 3.05) is 5.43 Å². The van der Waals surface area contributed by atoms with Gasteiger partial charge in [0.15, 0.2) is 0 Å². The molecule has 1 N–H and O–H groups in total. The number of hydrogen-bond acceptors (Lipinski definition) is 5. The Balaban J connectivity index is 1.78. The van der Waals surface area contributed by atoms with Crippen LogP contribution in [0.3, 0.4) is 0 Å². The fraction of sp³-hybridized carbons (Fsp3) is 0.0556. The summed E-state index contributed by atoms with van der Waals surface area (Å²) in [6, 6.07) is 10.2. The molecule has 0 amide bonds. The Morgan fingerprint density at radius 2 is 1.86 bits per heavy atom. The predicted octanol–water partition coefficient (Wildman–Crippen LogP) is 6.63. The molecule has 1 aromatic heterocycles. The van der Waals surface area contributed by atoms with Gasteiger partial charge in [-0.1, -0.05) is 23.2 Å². The third-order valence-electron chi connectivity index (χ3n) is 3.72. The van der Waals surface area contributed by atoms with Crippen LogP contribution in [0.5, 0.6) is 0 Å². The van der Waals surface area contributed by atoms with E-state index in [0.717, 1.165) is 12.1 Å². The Morgan fingerprint density at radius 3 is 2.52 bits per heavy atom. The van der Waals surface area contributed by atoms with Gasteiger partial charge < -0.3 is 4.42 Å². The lowest BCUT2D eigenvalue weighted by Crippen LogP contribution is -2.06. The van der Waals surface area contributed by atoms with Gasteiger partial charge in [-0.2, -0.15) is 18.3 Å². The Hall–Kier alpha value is -3.04. The van der Waals surface area contributed by atoms with E-state index >= 15 is 0 Å². The molecule has 0 unspecified atom stereocenters. The van der Waals surface area contributed by atoms with E-state index in [4.69, 9.17) is 27.6 Å². The fourth-order valence-electron chi connectivity index (χ4n) is 2.38. The smallest absolute Gasteiger partial charge is 0.416 e. The molecule has 0 aliphatic carbocycles. The number of nitrogens with one attached hydrogen (secondary N) is 1. The van der Waals surface area contributed by atoms with Crippen LogP contribution in [0, 0.1) is 10.1 Å². The van der Waals surface area contributed by atoms with Crippen molar-refractivity contribution in [3.8, 4) is 11.3 Å². The highest BCUT2D eigenvalue weighted by Crippen LogP contribution is 2.35. The van der Waals surface area contributed by atoms with Gasteiger partial charge in [-0.25, -0.2) is 0 Å². The number of halogens is 5. The van der Waals surface area contributed by atoms with Gasteiger partial charge in [-0.15, -0.1) is 0 Å². The van der Waals surface area contributed by atoms with E-state index in [2.05, 4.69) is 10.5 Å². The SMILES string of the molecule is O=[N+]([O-])c1cc(C(F)(F)F)ccc1N/N=C/c1ccc(-c2ccc(Cl)cc2Cl)o1. The van der Waals surface area contributed by atoms with Crippen molar-refractivity contribution in [3.05, 3.63) is 80.0 Å². The number of nitrogens with zero attached hydrogens (tertiary/aromatic N) is 2. The first kappa shape index (κ1) is 20.7. The quantitative estimate of drug-likeness (QED) is 0.272. The monoisotopic (exact) mass is 443 g/mol. The third-order valence-corrected chi connectivity index (χ3v) is 4.27. The molecule has 0 bridgehead atoms. The average molecular weight is 444 g/mol. The standard InChI is InChI=1S/C18H10Cl2F3N3O3/c19-11-2-4-13(14(20)8-11)17-6-3-12(29-17)9-24-25-15-5-1-10(18(21,22)23)7-16(15)26(27)28/h1-9,25H/b24-9+. The number of rotatable bonds is 5. The van der Waals surface area contributed by atoms with Gasteiger partial charge in [-0.3, -0.25) is 15.5 Å². The highest BCUT2D eigenvalue weighted by Gasteiger charge is 2.33. The maximum atomic E-state index is 12.7. The molecule has 0 saturated heterocycles. The van der Waals surface area contributed by atoms with Crippen LogP contribution in [-0.4, -0.2) is 11.1 Å². The molecule has 1 heterocycles. The molecule has 3 aromatic rings. The van der Waals surface area contributed by atoms with Crippen LogP contribution in [-0.2, 0) is 6.18 Å². The second kappa shape index (κ2) is 8.14. The van der Waals surface area contributed by atoms with Gasteiger partial charge in [0.2, 0.25) is 0 Å². The van der Waals surface area contributed by atoms with Crippen molar-refractivity contribution in [2.24, 2.45) is 5.10 Å². The van der Waals surface area contributed by atoms with Gasteiger partial charge in [0.1, 0.15) is 17.2 Å². The van der Waals surface area contributed by atoms with Crippen molar-refractivity contribution < 1.29 is 22.5 Å². The van der Waals surface area contributed by atoms with Crippen molar-refractivity contribution in [1.29, 1.82) is 0 Å². The first-order valence-corrected chi connectivity index (χ1v) is 8.61. The molecular weight excluding hydrogens is 434 g/mol. The van der Waals surface area contributed by atoms with E-state index in [0.29, 0.717) is 27.4 Å². The van der Waals surface area contributed by atoms with E-state index in [1.54, 1.807) is 30.3 Å². The number of nitro groups is 1. The Morgan fingerprint density at radius 1 is 1.10 bits per heavy atom. The lowest BCUT2D eigenvalue weighted by atomic mass is 10.1. The lowest BCUT2D eigenvalue weighted by molar-refractivity contribution is -0.384. The van der Waals surface area contributed by atoms with Crippen LogP contribution in [0.1, 0.15) is 11.3 Å². The molecule has 150 valence electrons. The number of anilines is 1. The van der Waals surface area contributed by atoms with Crippen LogP contribution in [0.25, 0.3) is 11.3 Å². The summed E-state index contributed by atoms with van der Waals surface area (Å²) in [5.41, 5.74) is 0.854. The second-order valence-electron chi connectivity index (χ2n) is 5.68. The van der Waals surface area contributed by atoms with Crippen molar-refractivity contribution in [1.82, 2.24) is 0 Å². The van der Waals surface area contributed by atoms with Gasteiger partial charge in [0.05, 0.1) is 21.7 Å². The van der Waals surface area contributed by atoms with Crippen molar-refractivity contribution in [3.63, 3.8) is 0 Å². The van der Waals surface area contributed by atoms with E-state index in [9.17, 15) is 23.3 Å². The minimum Gasteiger partial charge on any atom is -0.455 e. The summed E-state index contributed by atoms with van der Waals surface area (Å²) in [5, 5.41) is 15.7. The summed E-state index contributed by atoms with van der Waals surface area (Å²) in [6.07, 6.45) is -3.48. The topological polar surface area (TPSA) is 80.7 Å². The summed E-state index contributed by atoms with van der Waals surface area (Å²) in [7, 11) is 0. The summed E-state index contributed by atoms with van der Waals surface area (Å²) in [5.74, 6) is 0.724. The Bertz CT molecular complexity index is 1100. The van der Waals surface area contributed by atoms with Gasteiger partial charge in [0, 0.05) is 16.7 Å². The van der Waals surface area contributed by atoms with Crippen LogP contribution in [0.2, 0.25) is 10.0 Å². The molecule has 0 atom stereocenters. The molecule has 0 spiro atoms. The van der Waals surface area contributed by atoms with Gasteiger partial charge in [-0.05, 0) is 42.5 Å². The first-order valence-electron chi connectivity index (χ1n) is 7.85. The summed E-state index contributed by atoms with van der Waals surface area (Å²) in [6.45, 7) is 0. The van der Waals surface area contributed by atoms with Crippen LogP contribution >= 0.6 is 23.2 Å². The molecule has 2 aromatic carbocycles. The van der Waals surface area contributed by atoms with Crippen LogP contribution in [0.4, 0.5) is 24.5 Å². The van der Waals surface area contributed by atoms with E-state index < -0.39 is 22.4 Å². The molecule has 0 radical (unpaired) electrons. The minimum absolute atomic E-state index is 0.202. The summed E-state index contributed by atoms with van der Waals surface area (Å²) >= 11 is 12.0. The largest absolute Gasteiger partial charge is 0.455 e. The summed E-state index contributed by atoms with van der Waals surface area (Å²) < 4.78 is 43.8. The first-order chi connectivity index (χ1) is 13.6. The molecule has 0 saturated carbocycles. The maximum absolute atomic E-state index is 12.7. The molecule has 3 rings (SSSR count). The lowest BCUT2D eigenvalue weighted by Gasteiger charge is -2.08. The number of alkyl halides is 3. The van der Waals surface area contributed by atoms with E-state index in [-0.39, 0.29) is 11.4 Å². The second-order valence-corrected chi connectivity index (χ2v) is 6.53. The average Bonchev–Trinajstić information content (AvgIpc) is 3.09. The van der Waals surface area contributed by atoms with Crippen molar-refractivity contribution >= 4 is 40.8 Å². The van der Waals surface area contributed by atoms with Gasteiger partial charge >= 0.3 is 6.18 Å². The van der Waals surface area contributed by atoms with Crippen molar-refractivity contribution in [2.45, 2.75) is 6.18 Å². The molecule has 11 heteroatoms. The Kier molecular flexibility index (Phi) is 5.81. The number of hydrazone groups is 1. The van der Waals surface area contributed by atoms with Crippen LogP contribution < -0.4 is 5.43 Å². The predicted molar refractivity (Wildman–Crippen MR) is 103 cm³/mol. The fourth-order valence-corrected chi connectivity index (χ4v) is 2.88. The maximum Gasteiger partial charge on any atom is 0.416 e. The number of hydrogen-bond donors (Lipinski definition) is 1. The number of furan rings is 1.